The summed E-state index contributed by atoms with van der Waals surface area (Å²) >= 11 is 0. The van der Waals surface area contributed by atoms with E-state index in [1.165, 1.54) is 18.4 Å². The van der Waals surface area contributed by atoms with E-state index in [9.17, 15) is 4.79 Å². The second-order valence-electron chi connectivity index (χ2n) is 7.65. The minimum Gasteiger partial charge on any atom is -0.444 e. The predicted molar refractivity (Wildman–Crippen MR) is 98.2 cm³/mol. The van der Waals surface area contributed by atoms with Gasteiger partial charge in [0.1, 0.15) is 5.60 Å². The summed E-state index contributed by atoms with van der Waals surface area (Å²) in [5.74, 6) is 0. The van der Waals surface area contributed by atoms with Crippen molar-refractivity contribution in [2.24, 2.45) is 5.73 Å². The van der Waals surface area contributed by atoms with Gasteiger partial charge in [-0.05, 0) is 70.7 Å². The number of amides is 1. The van der Waals surface area contributed by atoms with Crippen LogP contribution in [0.2, 0.25) is 0 Å². The Morgan fingerprint density at radius 1 is 1.25 bits per heavy atom. The van der Waals surface area contributed by atoms with E-state index in [1.807, 2.05) is 45.0 Å². The fraction of sp³-hybridized carbons (Fsp3) is 0.632. The number of hydrogen-bond donors (Lipinski definition) is 3. The van der Waals surface area contributed by atoms with Crippen LogP contribution in [0.5, 0.6) is 0 Å². The fourth-order valence-electron chi connectivity index (χ4n) is 3.01. The monoisotopic (exact) mass is 333 g/mol. The van der Waals surface area contributed by atoms with Crippen molar-refractivity contribution >= 4 is 11.8 Å². The van der Waals surface area contributed by atoms with Crippen LogP contribution in [0.4, 0.5) is 10.5 Å². The van der Waals surface area contributed by atoms with Crippen molar-refractivity contribution in [1.82, 2.24) is 5.32 Å². The maximum absolute atomic E-state index is 11.7. The largest absolute Gasteiger partial charge is 0.444 e. The number of carbonyl (C=O) groups is 1. The molecule has 1 aliphatic rings. The molecule has 1 aromatic carbocycles. The molecule has 0 radical (unpaired) electrons. The maximum atomic E-state index is 11.7. The van der Waals surface area contributed by atoms with E-state index < -0.39 is 11.7 Å². The van der Waals surface area contributed by atoms with Crippen LogP contribution in [0.15, 0.2) is 24.3 Å². The molecule has 5 heteroatoms. The van der Waals surface area contributed by atoms with Crippen molar-refractivity contribution in [2.75, 3.05) is 11.9 Å². The van der Waals surface area contributed by atoms with Gasteiger partial charge in [0.05, 0.1) is 0 Å². The number of carbonyl (C=O) groups excluding carboxylic acids is 1. The summed E-state index contributed by atoms with van der Waals surface area (Å²) < 4.78 is 5.24. The van der Waals surface area contributed by atoms with Crippen molar-refractivity contribution in [2.45, 2.75) is 70.6 Å². The molecule has 1 aromatic rings. The molecule has 0 spiro atoms. The second kappa shape index (κ2) is 8.49. The molecule has 4 N–H and O–H groups in total. The van der Waals surface area contributed by atoms with Crippen LogP contribution in [-0.2, 0) is 11.2 Å². The van der Waals surface area contributed by atoms with Gasteiger partial charge in [-0.3, -0.25) is 5.32 Å². The van der Waals surface area contributed by atoms with Crippen LogP contribution < -0.4 is 16.4 Å². The summed E-state index contributed by atoms with van der Waals surface area (Å²) in [6.07, 6.45) is 5.24. The summed E-state index contributed by atoms with van der Waals surface area (Å²) in [6, 6.07) is 8.82. The van der Waals surface area contributed by atoms with Gasteiger partial charge >= 0.3 is 6.09 Å². The summed E-state index contributed by atoms with van der Waals surface area (Å²) in [7, 11) is 0. The SMILES string of the molecule is CC(C)(C)OC(=O)Nc1ccc(CCNC2CCCC(N)C2)cc1. The molecular weight excluding hydrogens is 302 g/mol. The van der Waals surface area contributed by atoms with Crippen LogP contribution in [0.1, 0.15) is 52.0 Å². The Morgan fingerprint density at radius 3 is 2.58 bits per heavy atom. The van der Waals surface area contributed by atoms with E-state index in [-0.39, 0.29) is 0 Å². The maximum Gasteiger partial charge on any atom is 0.412 e. The van der Waals surface area contributed by atoms with Crippen LogP contribution in [0.25, 0.3) is 0 Å². The molecule has 1 fully saturated rings. The summed E-state index contributed by atoms with van der Waals surface area (Å²) in [5.41, 5.74) is 7.53. The Balaban J connectivity index is 1.72. The zero-order valence-electron chi connectivity index (χ0n) is 15.1. The molecule has 134 valence electrons. The van der Waals surface area contributed by atoms with Gasteiger partial charge in [0.25, 0.3) is 0 Å². The van der Waals surface area contributed by atoms with Crippen LogP contribution >= 0.6 is 0 Å². The van der Waals surface area contributed by atoms with Crippen molar-refractivity contribution in [3.05, 3.63) is 29.8 Å². The molecule has 0 aliphatic heterocycles. The molecule has 2 unspecified atom stereocenters. The lowest BCUT2D eigenvalue weighted by Crippen LogP contribution is -2.40. The number of nitrogens with two attached hydrogens (primary N) is 1. The first-order chi connectivity index (χ1) is 11.3. The fourth-order valence-corrected chi connectivity index (χ4v) is 3.01. The van der Waals surface area contributed by atoms with E-state index in [4.69, 9.17) is 10.5 Å². The van der Waals surface area contributed by atoms with Crippen molar-refractivity contribution in [1.29, 1.82) is 0 Å². The van der Waals surface area contributed by atoms with Gasteiger partial charge in [-0.2, -0.15) is 0 Å². The van der Waals surface area contributed by atoms with Gasteiger partial charge < -0.3 is 15.8 Å². The highest BCUT2D eigenvalue weighted by molar-refractivity contribution is 5.84. The van der Waals surface area contributed by atoms with Crippen molar-refractivity contribution in [3.8, 4) is 0 Å². The van der Waals surface area contributed by atoms with Crippen LogP contribution in [0.3, 0.4) is 0 Å². The number of hydrogen-bond acceptors (Lipinski definition) is 4. The molecule has 2 rings (SSSR count). The molecule has 1 saturated carbocycles. The van der Waals surface area contributed by atoms with Crippen molar-refractivity contribution < 1.29 is 9.53 Å². The quantitative estimate of drug-likeness (QED) is 0.771. The Morgan fingerprint density at radius 2 is 1.96 bits per heavy atom. The molecule has 0 aromatic heterocycles. The highest BCUT2D eigenvalue weighted by atomic mass is 16.6. The molecule has 1 amide bonds. The van der Waals surface area contributed by atoms with E-state index >= 15 is 0 Å². The van der Waals surface area contributed by atoms with Gasteiger partial charge in [-0.25, -0.2) is 4.79 Å². The van der Waals surface area contributed by atoms with Gasteiger partial charge in [-0.15, -0.1) is 0 Å². The van der Waals surface area contributed by atoms with Gasteiger partial charge in [-0.1, -0.05) is 18.6 Å². The number of rotatable bonds is 5. The Bertz CT molecular complexity index is 522. The Hall–Kier alpha value is -1.59. The number of ether oxygens (including phenoxy) is 1. The highest BCUT2D eigenvalue weighted by Crippen LogP contribution is 2.17. The van der Waals surface area contributed by atoms with E-state index in [2.05, 4.69) is 10.6 Å². The average Bonchev–Trinajstić information content (AvgIpc) is 2.47. The molecule has 0 heterocycles. The minimum atomic E-state index is -0.489. The number of benzene rings is 1. The molecular formula is C19H31N3O2. The minimum absolute atomic E-state index is 0.356. The summed E-state index contributed by atoms with van der Waals surface area (Å²) in [4.78, 5) is 11.7. The Labute approximate surface area is 145 Å². The molecule has 24 heavy (non-hydrogen) atoms. The van der Waals surface area contributed by atoms with E-state index in [0.29, 0.717) is 12.1 Å². The lowest BCUT2D eigenvalue weighted by Gasteiger charge is -2.27. The molecule has 2 atom stereocenters. The zero-order chi connectivity index (χ0) is 17.6. The topological polar surface area (TPSA) is 76.4 Å². The zero-order valence-corrected chi connectivity index (χ0v) is 15.1. The van der Waals surface area contributed by atoms with Crippen molar-refractivity contribution in [3.63, 3.8) is 0 Å². The number of nitrogens with one attached hydrogen (secondary N) is 2. The third-order valence-electron chi connectivity index (χ3n) is 4.16. The van der Waals surface area contributed by atoms with Gasteiger partial charge in [0.2, 0.25) is 0 Å². The van der Waals surface area contributed by atoms with E-state index in [1.54, 1.807) is 0 Å². The summed E-state index contributed by atoms with van der Waals surface area (Å²) in [6.45, 7) is 6.50. The first kappa shape index (κ1) is 18.7. The van der Waals surface area contributed by atoms with Gasteiger partial charge in [0.15, 0.2) is 0 Å². The lowest BCUT2D eigenvalue weighted by molar-refractivity contribution is 0.0636. The average molecular weight is 333 g/mol. The second-order valence-corrected chi connectivity index (χ2v) is 7.65. The van der Waals surface area contributed by atoms with Crippen LogP contribution in [-0.4, -0.2) is 30.3 Å². The smallest absolute Gasteiger partial charge is 0.412 e. The normalized spacial score (nSPS) is 21.3. The number of anilines is 1. The highest BCUT2D eigenvalue weighted by Gasteiger charge is 2.18. The predicted octanol–water partition coefficient (Wildman–Crippen LogP) is 3.44. The lowest BCUT2D eigenvalue weighted by atomic mass is 9.91. The third kappa shape index (κ3) is 6.89. The molecule has 1 aliphatic carbocycles. The molecule has 5 nitrogen and oxygen atoms in total. The molecule has 0 saturated heterocycles. The van der Waals surface area contributed by atoms with Gasteiger partial charge in [0, 0.05) is 17.8 Å². The third-order valence-corrected chi connectivity index (χ3v) is 4.16. The first-order valence-corrected chi connectivity index (χ1v) is 8.90. The summed E-state index contributed by atoms with van der Waals surface area (Å²) in [5, 5.41) is 6.35. The Kier molecular flexibility index (Phi) is 6.63. The standard InChI is InChI=1S/C19H31N3O2/c1-19(2,3)24-18(23)22-16-9-7-14(8-10-16)11-12-21-17-6-4-5-15(20)13-17/h7-10,15,17,21H,4-6,11-13,20H2,1-3H3,(H,22,23). The first-order valence-electron chi connectivity index (χ1n) is 8.90. The van der Waals surface area contributed by atoms with Crippen LogP contribution in [0, 0.1) is 0 Å². The molecule has 0 bridgehead atoms. The van der Waals surface area contributed by atoms with E-state index in [0.717, 1.165) is 31.5 Å².